The largest absolute Gasteiger partial charge is 0.496 e. The number of nitrogens with zero attached hydrogens (tertiary/aromatic N) is 1. The molecule has 3 aliphatic rings. The third kappa shape index (κ3) is 2.32. The van der Waals surface area contributed by atoms with Crippen molar-refractivity contribution in [1.29, 1.82) is 0 Å². The minimum atomic E-state index is -0.296. The Morgan fingerprint density at radius 2 is 1.79 bits per heavy atom. The van der Waals surface area contributed by atoms with Crippen molar-refractivity contribution in [1.82, 2.24) is 0 Å². The molecule has 1 aliphatic heterocycles. The fraction of sp³-hybridized carbons (Fsp3) is 0.450. The molecule has 4 heteroatoms. The summed E-state index contributed by atoms with van der Waals surface area (Å²) in [5.74, 6) is 0.571. The monoisotopic (exact) mass is 323 g/mol. The lowest BCUT2D eigenvalue weighted by molar-refractivity contribution is -0.122. The van der Waals surface area contributed by atoms with Gasteiger partial charge in [0.1, 0.15) is 11.5 Å². The molecule has 0 aromatic heterocycles. The Balaban J connectivity index is 1.93. The molecule has 1 fully saturated rings. The number of carbonyl (C=O) groups is 2. The van der Waals surface area contributed by atoms with Crippen LogP contribution in [0.1, 0.15) is 50.0 Å². The number of ketones is 2. The van der Waals surface area contributed by atoms with Gasteiger partial charge in [0.2, 0.25) is 0 Å². The van der Waals surface area contributed by atoms with Crippen LogP contribution >= 0.6 is 0 Å². The molecule has 0 bridgehead atoms. The van der Waals surface area contributed by atoms with Crippen molar-refractivity contribution >= 4 is 17.3 Å². The molecule has 1 aromatic carbocycles. The molecule has 124 valence electrons. The van der Waals surface area contributed by atoms with Gasteiger partial charge in [0.15, 0.2) is 5.78 Å². The fourth-order valence-electron chi connectivity index (χ4n) is 4.36. The minimum Gasteiger partial charge on any atom is -0.496 e. The molecule has 0 N–H and O–H groups in total. The maximum absolute atomic E-state index is 12.7. The molecule has 1 heterocycles. The second-order valence-electron chi connectivity index (χ2n) is 6.76. The number of benzene rings is 1. The first-order valence-corrected chi connectivity index (χ1v) is 8.70. The Morgan fingerprint density at radius 1 is 1.00 bits per heavy atom. The topological polar surface area (TPSA) is 55.7 Å². The van der Waals surface area contributed by atoms with Crippen LogP contribution in [0.5, 0.6) is 5.75 Å². The molecule has 4 nitrogen and oxygen atoms in total. The summed E-state index contributed by atoms with van der Waals surface area (Å²) in [7, 11) is 1.64. The van der Waals surface area contributed by atoms with E-state index in [1.165, 1.54) is 0 Å². The Morgan fingerprint density at radius 3 is 2.62 bits per heavy atom. The number of Topliss-reactive ketones (excluding diaryl/α,β-unsaturated/α-hetero) is 2. The van der Waals surface area contributed by atoms with Crippen LogP contribution in [0, 0.1) is 5.92 Å². The molecule has 24 heavy (non-hydrogen) atoms. The van der Waals surface area contributed by atoms with Gasteiger partial charge in [-0.1, -0.05) is 18.2 Å². The first-order valence-electron chi connectivity index (χ1n) is 8.70. The van der Waals surface area contributed by atoms with E-state index in [9.17, 15) is 9.59 Å². The highest BCUT2D eigenvalue weighted by atomic mass is 16.5. The van der Waals surface area contributed by atoms with E-state index in [2.05, 4.69) is 0 Å². The zero-order valence-corrected chi connectivity index (χ0v) is 13.9. The molecule has 0 spiro atoms. The van der Waals surface area contributed by atoms with Gasteiger partial charge >= 0.3 is 0 Å². The summed E-state index contributed by atoms with van der Waals surface area (Å²) >= 11 is 0. The second-order valence-corrected chi connectivity index (χ2v) is 6.76. The van der Waals surface area contributed by atoms with Crippen LogP contribution in [-0.4, -0.2) is 24.4 Å². The van der Waals surface area contributed by atoms with Crippen molar-refractivity contribution in [3.8, 4) is 5.75 Å². The van der Waals surface area contributed by atoms with Crippen LogP contribution in [0.3, 0.4) is 0 Å². The number of allylic oxidation sites excluding steroid dienone is 2. The van der Waals surface area contributed by atoms with Gasteiger partial charge in [-0.25, -0.2) is 0 Å². The van der Waals surface area contributed by atoms with E-state index in [-0.39, 0.29) is 23.4 Å². The number of methoxy groups -OCH3 is 1. The van der Waals surface area contributed by atoms with E-state index >= 15 is 0 Å². The standard InChI is InChI=1S/C20H21NO3/c1-24-17-11-3-2-6-12(17)18-19-13(7-4-9-15(19)22)21-14-8-5-10-16(23)20(14)18/h2-3,6,11,18-19H,4-5,7-10H2,1H3/t18-,19-/m0/s1. The van der Waals surface area contributed by atoms with Gasteiger partial charge in [-0.15, -0.1) is 0 Å². The lowest BCUT2D eigenvalue weighted by Gasteiger charge is -2.38. The van der Waals surface area contributed by atoms with E-state index in [0.29, 0.717) is 12.8 Å². The molecule has 0 unspecified atom stereocenters. The average molecular weight is 323 g/mol. The number of carbonyl (C=O) groups excluding carboxylic acids is 2. The van der Waals surface area contributed by atoms with Crippen LogP contribution in [0.25, 0.3) is 0 Å². The van der Waals surface area contributed by atoms with Gasteiger partial charge in [0.05, 0.1) is 13.0 Å². The quantitative estimate of drug-likeness (QED) is 0.835. The average Bonchev–Trinajstić information content (AvgIpc) is 2.60. The molecule has 2 atom stereocenters. The highest BCUT2D eigenvalue weighted by Crippen LogP contribution is 2.47. The third-order valence-electron chi connectivity index (χ3n) is 5.39. The zero-order chi connectivity index (χ0) is 16.7. The Bertz CT molecular complexity index is 775. The Hall–Kier alpha value is -2.23. The summed E-state index contributed by atoms with van der Waals surface area (Å²) in [4.78, 5) is 30.2. The van der Waals surface area contributed by atoms with E-state index in [0.717, 1.165) is 54.0 Å². The number of rotatable bonds is 2. The summed E-state index contributed by atoms with van der Waals surface area (Å²) < 4.78 is 5.54. The molecule has 0 saturated heterocycles. The van der Waals surface area contributed by atoms with Crippen LogP contribution in [0.4, 0.5) is 0 Å². The summed E-state index contributed by atoms with van der Waals surface area (Å²) in [6, 6.07) is 7.76. The molecular weight excluding hydrogens is 302 g/mol. The molecule has 1 aromatic rings. The van der Waals surface area contributed by atoms with Gasteiger partial charge in [-0.3, -0.25) is 14.6 Å². The van der Waals surface area contributed by atoms with Crippen molar-refractivity contribution in [2.45, 2.75) is 44.4 Å². The highest BCUT2D eigenvalue weighted by molar-refractivity contribution is 6.12. The third-order valence-corrected chi connectivity index (χ3v) is 5.39. The van der Waals surface area contributed by atoms with Crippen LogP contribution < -0.4 is 4.74 Å². The number of para-hydroxylation sites is 1. The molecular formula is C20H21NO3. The highest BCUT2D eigenvalue weighted by Gasteiger charge is 2.45. The van der Waals surface area contributed by atoms with E-state index < -0.39 is 0 Å². The Kier molecular flexibility index (Phi) is 3.83. The second kappa shape index (κ2) is 6.00. The molecule has 4 rings (SSSR count). The number of hydrogen-bond donors (Lipinski definition) is 0. The SMILES string of the molecule is COc1ccccc1[C@@H]1C2=C(CCCC2=O)N=C2CCCC(=O)[C@H]21. The predicted octanol–water partition coefficient (Wildman–Crippen LogP) is 3.61. The van der Waals surface area contributed by atoms with Gasteiger partial charge in [0.25, 0.3) is 0 Å². The van der Waals surface area contributed by atoms with Gasteiger partial charge < -0.3 is 4.74 Å². The van der Waals surface area contributed by atoms with Crippen molar-refractivity contribution in [3.05, 3.63) is 41.1 Å². The fourth-order valence-corrected chi connectivity index (χ4v) is 4.36. The number of ether oxygens (including phenoxy) is 1. The van der Waals surface area contributed by atoms with E-state index in [1.54, 1.807) is 7.11 Å². The summed E-state index contributed by atoms with van der Waals surface area (Å²) in [5.41, 5.74) is 3.57. The number of fused-ring (bicyclic) bond motifs is 1. The van der Waals surface area contributed by atoms with Gasteiger partial charge in [-0.2, -0.15) is 0 Å². The van der Waals surface area contributed by atoms with Crippen LogP contribution in [0.15, 0.2) is 40.5 Å². The maximum Gasteiger partial charge on any atom is 0.161 e. The molecule has 2 aliphatic carbocycles. The number of aliphatic imine (C=N–C) groups is 1. The van der Waals surface area contributed by atoms with Crippen molar-refractivity contribution < 1.29 is 14.3 Å². The molecule has 0 amide bonds. The zero-order valence-electron chi connectivity index (χ0n) is 13.9. The minimum absolute atomic E-state index is 0.147. The molecule has 1 saturated carbocycles. The lowest BCUT2D eigenvalue weighted by atomic mass is 9.67. The Labute approximate surface area is 141 Å². The number of hydrogen-bond acceptors (Lipinski definition) is 4. The van der Waals surface area contributed by atoms with Crippen molar-refractivity contribution in [2.75, 3.05) is 7.11 Å². The summed E-state index contributed by atoms with van der Waals surface area (Å²) in [6.07, 6.45) is 4.53. The summed E-state index contributed by atoms with van der Waals surface area (Å²) in [6.45, 7) is 0. The van der Waals surface area contributed by atoms with Gasteiger partial charge in [0, 0.05) is 41.3 Å². The lowest BCUT2D eigenvalue weighted by Crippen LogP contribution is -2.39. The van der Waals surface area contributed by atoms with E-state index in [4.69, 9.17) is 9.73 Å². The van der Waals surface area contributed by atoms with E-state index in [1.807, 2.05) is 24.3 Å². The smallest absolute Gasteiger partial charge is 0.161 e. The summed E-state index contributed by atoms with van der Waals surface area (Å²) in [5, 5.41) is 0. The van der Waals surface area contributed by atoms with Crippen molar-refractivity contribution in [3.63, 3.8) is 0 Å². The predicted molar refractivity (Wildman–Crippen MR) is 91.4 cm³/mol. The van der Waals surface area contributed by atoms with Gasteiger partial charge in [-0.05, 0) is 31.7 Å². The van der Waals surface area contributed by atoms with Crippen LogP contribution in [0.2, 0.25) is 0 Å². The molecule has 0 radical (unpaired) electrons. The van der Waals surface area contributed by atoms with Crippen LogP contribution in [-0.2, 0) is 9.59 Å². The maximum atomic E-state index is 12.7. The first-order chi connectivity index (χ1) is 11.7. The normalized spacial score (nSPS) is 26.6. The first kappa shape index (κ1) is 15.3. The van der Waals surface area contributed by atoms with Crippen molar-refractivity contribution in [2.24, 2.45) is 10.9 Å².